The monoisotopic (exact) mass is 649 g/mol. The van der Waals surface area contributed by atoms with Gasteiger partial charge >= 0.3 is 6.18 Å². The fraction of sp³-hybridized carbons (Fsp3) is 0.375. The van der Waals surface area contributed by atoms with E-state index < -0.39 is 40.3 Å². The van der Waals surface area contributed by atoms with Crippen LogP contribution in [0.25, 0.3) is 0 Å². The molecular formula is C32H35ClF3N3O4S. The second kappa shape index (κ2) is 14.5. The standard InChI is InChI=1S/C32H35ClF3N3O4S/c1-2-29(31(41)37-26-11-5-3-6-12-26)38(21-23-16-18-25(33)19-17-23)30(40)22-39(44(42,43)28-14-7-4-8-15-28)27-13-9-10-24(20-27)32(34,35)36/h4,7-10,13-20,26,29H,2-3,5-6,11-12,21-22H2,1H3,(H,37,41). The molecule has 0 aromatic heterocycles. The number of sulfonamides is 1. The molecule has 0 aliphatic heterocycles. The highest BCUT2D eigenvalue weighted by Crippen LogP contribution is 2.33. The minimum atomic E-state index is -4.74. The fourth-order valence-corrected chi connectivity index (χ4v) is 6.89. The molecule has 1 atom stereocenters. The van der Waals surface area contributed by atoms with E-state index in [2.05, 4.69) is 5.32 Å². The van der Waals surface area contributed by atoms with Crippen molar-refractivity contribution in [2.75, 3.05) is 10.8 Å². The van der Waals surface area contributed by atoms with Gasteiger partial charge in [0.05, 0.1) is 16.1 Å². The number of benzene rings is 3. The number of nitrogens with one attached hydrogen (secondary N) is 1. The van der Waals surface area contributed by atoms with E-state index in [0.29, 0.717) is 21.0 Å². The highest BCUT2D eigenvalue weighted by atomic mass is 35.5. The van der Waals surface area contributed by atoms with Crippen molar-refractivity contribution >= 4 is 39.1 Å². The largest absolute Gasteiger partial charge is 0.416 e. The van der Waals surface area contributed by atoms with Crippen molar-refractivity contribution in [3.05, 3.63) is 95.0 Å². The zero-order valence-corrected chi connectivity index (χ0v) is 25.8. The summed E-state index contributed by atoms with van der Waals surface area (Å²) in [7, 11) is -4.50. The number of hydrogen-bond acceptors (Lipinski definition) is 4. The summed E-state index contributed by atoms with van der Waals surface area (Å²) >= 11 is 6.05. The van der Waals surface area contributed by atoms with Gasteiger partial charge in [0, 0.05) is 17.6 Å². The molecule has 1 aliphatic rings. The number of anilines is 1. The Morgan fingerprint density at radius 1 is 0.955 bits per heavy atom. The first-order valence-electron chi connectivity index (χ1n) is 14.5. The van der Waals surface area contributed by atoms with Crippen molar-refractivity contribution < 1.29 is 31.2 Å². The van der Waals surface area contributed by atoms with Crippen LogP contribution in [0.5, 0.6) is 0 Å². The van der Waals surface area contributed by atoms with E-state index in [4.69, 9.17) is 11.6 Å². The average Bonchev–Trinajstić information content (AvgIpc) is 3.01. The maximum atomic E-state index is 14.1. The van der Waals surface area contributed by atoms with Gasteiger partial charge < -0.3 is 10.2 Å². The predicted octanol–water partition coefficient (Wildman–Crippen LogP) is 6.81. The summed E-state index contributed by atoms with van der Waals surface area (Å²) in [6.45, 7) is 0.867. The first-order chi connectivity index (χ1) is 20.9. The minimum absolute atomic E-state index is 0.0298. The summed E-state index contributed by atoms with van der Waals surface area (Å²) in [6, 6.07) is 16.7. The number of amides is 2. The van der Waals surface area contributed by atoms with Gasteiger partial charge in [0.2, 0.25) is 11.8 Å². The van der Waals surface area contributed by atoms with Gasteiger partial charge in [-0.1, -0.05) is 74.2 Å². The zero-order valence-electron chi connectivity index (χ0n) is 24.3. The van der Waals surface area contributed by atoms with E-state index in [1.807, 2.05) is 0 Å². The zero-order chi connectivity index (χ0) is 31.9. The molecule has 4 rings (SSSR count). The van der Waals surface area contributed by atoms with Crippen LogP contribution >= 0.6 is 11.6 Å². The van der Waals surface area contributed by atoms with Gasteiger partial charge in [0.25, 0.3) is 10.0 Å². The van der Waals surface area contributed by atoms with E-state index in [1.54, 1.807) is 37.3 Å². The van der Waals surface area contributed by atoms with Gasteiger partial charge in [-0.05, 0) is 67.3 Å². The normalized spacial score (nSPS) is 14.9. The van der Waals surface area contributed by atoms with Crippen molar-refractivity contribution in [2.24, 2.45) is 0 Å². The molecule has 1 aliphatic carbocycles. The number of alkyl halides is 3. The molecule has 44 heavy (non-hydrogen) atoms. The summed E-state index contributed by atoms with van der Waals surface area (Å²) in [5.41, 5.74) is -0.751. The van der Waals surface area contributed by atoms with E-state index >= 15 is 0 Å². The van der Waals surface area contributed by atoms with Crippen molar-refractivity contribution in [3.8, 4) is 0 Å². The van der Waals surface area contributed by atoms with Crippen molar-refractivity contribution in [1.82, 2.24) is 10.2 Å². The Labute approximate surface area is 261 Å². The van der Waals surface area contributed by atoms with Crippen LogP contribution in [0.2, 0.25) is 5.02 Å². The quantitative estimate of drug-likeness (QED) is 0.247. The van der Waals surface area contributed by atoms with Gasteiger partial charge in [-0.25, -0.2) is 8.42 Å². The summed E-state index contributed by atoms with van der Waals surface area (Å²) in [5.74, 6) is -1.11. The molecule has 2 amide bonds. The lowest BCUT2D eigenvalue weighted by molar-refractivity contribution is -0.140. The molecule has 7 nitrogen and oxygen atoms in total. The summed E-state index contributed by atoms with van der Waals surface area (Å²) in [4.78, 5) is 28.8. The SMILES string of the molecule is CCC(C(=O)NC1CCCCC1)N(Cc1ccc(Cl)cc1)C(=O)CN(c1cccc(C(F)(F)F)c1)S(=O)(=O)c1ccccc1. The Morgan fingerprint density at radius 3 is 2.23 bits per heavy atom. The third kappa shape index (κ3) is 8.32. The highest BCUT2D eigenvalue weighted by Gasteiger charge is 2.36. The molecule has 0 saturated heterocycles. The lowest BCUT2D eigenvalue weighted by Gasteiger charge is -2.34. The van der Waals surface area contributed by atoms with Gasteiger partial charge in [-0.2, -0.15) is 13.2 Å². The Morgan fingerprint density at radius 2 is 1.61 bits per heavy atom. The van der Waals surface area contributed by atoms with Gasteiger partial charge in [0.1, 0.15) is 12.6 Å². The topological polar surface area (TPSA) is 86.8 Å². The lowest BCUT2D eigenvalue weighted by Crippen LogP contribution is -2.54. The van der Waals surface area contributed by atoms with Crippen LogP contribution < -0.4 is 9.62 Å². The van der Waals surface area contributed by atoms with Crippen molar-refractivity contribution in [2.45, 2.75) is 75.1 Å². The molecule has 1 unspecified atom stereocenters. The number of rotatable bonds is 11. The first kappa shape index (κ1) is 33.3. The predicted molar refractivity (Wildman–Crippen MR) is 164 cm³/mol. The molecule has 3 aromatic rings. The molecule has 12 heteroatoms. The van der Waals surface area contributed by atoms with Gasteiger partial charge in [-0.3, -0.25) is 13.9 Å². The molecule has 0 bridgehead atoms. The Kier molecular flexibility index (Phi) is 11.0. The molecule has 236 valence electrons. The molecule has 3 aromatic carbocycles. The fourth-order valence-electron chi connectivity index (χ4n) is 5.34. The molecular weight excluding hydrogens is 615 g/mol. The first-order valence-corrected chi connectivity index (χ1v) is 16.3. The smallest absolute Gasteiger partial charge is 0.352 e. The van der Waals surface area contributed by atoms with Crippen molar-refractivity contribution in [3.63, 3.8) is 0 Å². The van der Waals surface area contributed by atoms with Gasteiger partial charge in [0.15, 0.2) is 0 Å². The van der Waals surface area contributed by atoms with Crippen LogP contribution in [-0.4, -0.2) is 43.8 Å². The molecule has 0 radical (unpaired) electrons. The number of nitrogens with zero attached hydrogens (tertiary/aromatic N) is 2. The summed E-state index contributed by atoms with van der Waals surface area (Å²) < 4.78 is 69.3. The summed E-state index contributed by atoms with van der Waals surface area (Å²) in [5, 5.41) is 3.53. The van der Waals surface area contributed by atoms with E-state index in [1.165, 1.54) is 35.2 Å². The minimum Gasteiger partial charge on any atom is -0.352 e. The number of halogens is 4. The van der Waals surface area contributed by atoms with E-state index in [-0.39, 0.29) is 35.5 Å². The molecule has 0 heterocycles. The molecule has 1 N–H and O–H groups in total. The average molecular weight is 650 g/mol. The second-order valence-corrected chi connectivity index (χ2v) is 13.1. The number of carbonyl (C=O) groups excluding carboxylic acids is 2. The number of hydrogen-bond donors (Lipinski definition) is 1. The Bertz CT molecular complexity index is 1530. The van der Waals surface area contributed by atoms with E-state index in [0.717, 1.165) is 44.2 Å². The van der Waals surface area contributed by atoms with Crippen LogP contribution in [0.1, 0.15) is 56.6 Å². The maximum Gasteiger partial charge on any atom is 0.416 e. The second-order valence-electron chi connectivity index (χ2n) is 10.8. The van der Waals surface area contributed by atoms with Crippen LogP contribution in [0.3, 0.4) is 0 Å². The van der Waals surface area contributed by atoms with Crippen LogP contribution in [-0.2, 0) is 32.3 Å². The highest BCUT2D eigenvalue weighted by molar-refractivity contribution is 7.92. The lowest BCUT2D eigenvalue weighted by atomic mass is 9.95. The molecule has 1 saturated carbocycles. The molecule has 0 spiro atoms. The third-order valence-corrected chi connectivity index (χ3v) is 9.72. The third-order valence-electron chi connectivity index (χ3n) is 7.68. The molecule has 1 fully saturated rings. The Hall–Kier alpha value is -3.57. The Balaban J connectivity index is 1.74. The number of carbonyl (C=O) groups is 2. The van der Waals surface area contributed by atoms with Gasteiger partial charge in [-0.15, -0.1) is 0 Å². The van der Waals surface area contributed by atoms with Crippen LogP contribution in [0.4, 0.5) is 18.9 Å². The maximum absolute atomic E-state index is 14.1. The van der Waals surface area contributed by atoms with Crippen LogP contribution in [0.15, 0.2) is 83.8 Å². The van der Waals surface area contributed by atoms with E-state index in [9.17, 15) is 31.2 Å². The summed E-state index contributed by atoms with van der Waals surface area (Å²) in [6.07, 6.45) is 0.195. The van der Waals surface area contributed by atoms with Crippen LogP contribution in [0, 0.1) is 0 Å². The van der Waals surface area contributed by atoms with Crippen molar-refractivity contribution in [1.29, 1.82) is 0 Å².